The van der Waals surface area contributed by atoms with Crippen LogP contribution in [0.3, 0.4) is 0 Å². The predicted octanol–water partition coefficient (Wildman–Crippen LogP) is 6.55. The molecule has 0 N–H and O–H groups in total. The third kappa shape index (κ3) is 7.29. The van der Waals surface area contributed by atoms with Crippen LogP contribution in [0.4, 0.5) is 0 Å². The Hall–Kier alpha value is -2.40. The normalized spacial score (nSPS) is 11.9. The maximum atomic E-state index is 6.28. The number of hydrogen-bond acceptors (Lipinski definition) is 5. The summed E-state index contributed by atoms with van der Waals surface area (Å²) in [5, 5.41) is 0. The smallest absolute Gasteiger partial charge is 0.161 e. The predicted molar refractivity (Wildman–Crippen MR) is 134 cm³/mol. The van der Waals surface area contributed by atoms with Gasteiger partial charge in [0.25, 0.3) is 0 Å². The zero-order chi connectivity index (χ0) is 24.5. The summed E-state index contributed by atoms with van der Waals surface area (Å²) in [6.07, 6.45) is 0. The first-order valence-electron chi connectivity index (χ1n) is 12.1. The lowest BCUT2D eigenvalue weighted by Crippen LogP contribution is -2.30. The van der Waals surface area contributed by atoms with Crippen LogP contribution in [-0.2, 0) is 15.6 Å². The van der Waals surface area contributed by atoms with Crippen LogP contribution in [0.15, 0.2) is 36.4 Å². The average molecular weight is 459 g/mol. The van der Waals surface area contributed by atoms with Gasteiger partial charge in [-0.3, -0.25) is 0 Å². The largest absolute Gasteiger partial charge is 0.490 e. The fourth-order valence-electron chi connectivity index (χ4n) is 3.67. The lowest BCUT2D eigenvalue weighted by molar-refractivity contribution is 0.0632. The molecule has 0 saturated carbocycles. The topological polar surface area (TPSA) is 46.2 Å². The molecule has 184 valence electrons. The van der Waals surface area contributed by atoms with Crippen molar-refractivity contribution in [3.63, 3.8) is 0 Å². The van der Waals surface area contributed by atoms with E-state index < -0.39 is 0 Å². The summed E-state index contributed by atoms with van der Waals surface area (Å²) >= 11 is 0. The highest BCUT2D eigenvalue weighted by Crippen LogP contribution is 2.36. The second-order valence-corrected chi connectivity index (χ2v) is 9.32. The molecule has 5 nitrogen and oxygen atoms in total. The van der Waals surface area contributed by atoms with Crippen LogP contribution in [0.25, 0.3) is 0 Å². The van der Waals surface area contributed by atoms with E-state index in [1.54, 1.807) is 0 Å². The fourth-order valence-corrected chi connectivity index (χ4v) is 3.67. The molecule has 0 saturated heterocycles. The molecule has 0 bridgehead atoms. The Morgan fingerprint density at radius 3 is 1.18 bits per heavy atom. The molecule has 0 radical (unpaired) electrons. The van der Waals surface area contributed by atoms with Crippen LogP contribution in [0, 0.1) is 0 Å². The molecule has 33 heavy (non-hydrogen) atoms. The lowest BCUT2D eigenvalue weighted by atomic mass is 9.84. The summed E-state index contributed by atoms with van der Waals surface area (Å²) in [6.45, 7) is 20.3. The first kappa shape index (κ1) is 26.8. The van der Waals surface area contributed by atoms with Gasteiger partial charge < -0.3 is 23.7 Å². The van der Waals surface area contributed by atoms with Gasteiger partial charge in [0, 0.05) is 10.8 Å². The minimum atomic E-state index is -0.179. The van der Waals surface area contributed by atoms with E-state index in [0.29, 0.717) is 39.6 Å². The van der Waals surface area contributed by atoms with E-state index in [9.17, 15) is 0 Å². The molecule has 5 heteroatoms. The molecular weight excluding hydrogens is 416 g/mol. The molecular formula is C28H42O5. The summed E-state index contributed by atoms with van der Waals surface area (Å²) in [5.74, 6) is 3.12. The number of hydrogen-bond donors (Lipinski definition) is 0. The summed E-state index contributed by atoms with van der Waals surface area (Å²) < 4.78 is 29.3. The van der Waals surface area contributed by atoms with Crippen LogP contribution in [0.2, 0.25) is 0 Å². The van der Waals surface area contributed by atoms with Gasteiger partial charge in [0.05, 0.1) is 39.6 Å². The minimum Gasteiger partial charge on any atom is -0.490 e. The second-order valence-electron chi connectivity index (χ2n) is 9.32. The molecule has 0 spiro atoms. The van der Waals surface area contributed by atoms with Gasteiger partial charge >= 0.3 is 0 Å². The van der Waals surface area contributed by atoms with Crippen LogP contribution < -0.4 is 18.9 Å². The van der Waals surface area contributed by atoms with Crippen molar-refractivity contribution in [3.05, 3.63) is 47.5 Å². The van der Waals surface area contributed by atoms with Gasteiger partial charge in [-0.25, -0.2) is 0 Å². The Morgan fingerprint density at radius 1 is 0.515 bits per heavy atom. The van der Waals surface area contributed by atoms with E-state index in [2.05, 4.69) is 52.0 Å². The van der Waals surface area contributed by atoms with E-state index in [1.165, 1.54) is 0 Å². The molecule has 0 unspecified atom stereocenters. The SMILES string of the molecule is CCOc1ccc(C(C)(C)COCC(C)(C)c2ccc(OCC)c(OCC)c2)cc1OCC. The average Bonchev–Trinajstić information content (AvgIpc) is 2.76. The molecule has 0 aliphatic heterocycles. The van der Waals surface area contributed by atoms with E-state index in [-0.39, 0.29) is 10.8 Å². The summed E-state index contributed by atoms with van der Waals surface area (Å²) in [4.78, 5) is 0. The Balaban J connectivity index is 2.11. The number of ether oxygens (including phenoxy) is 5. The van der Waals surface area contributed by atoms with Crippen LogP contribution in [0.5, 0.6) is 23.0 Å². The molecule has 0 atom stereocenters. The Kier molecular flexibility index (Phi) is 9.90. The molecule has 0 aliphatic rings. The van der Waals surface area contributed by atoms with E-state index in [1.807, 2.05) is 39.8 Å². The van der Waals surface area contributed by atoms with Gasteiger partial charge in [-0.1, -0.05) is 39.8 Å². The highest BCUT2D eigenvalue weighted by molar-refractivity contribution is 5.46. The van der Waals surface area contributed by atoms with Crippen molar-refractivity contribution in [2.75, 3.05) is 39.6 Å². The first-order chi connectivity index (χ1) is 15.7. The van der Waals surface area contributed by atoms with Crippen molar-refractivity contribution < 1.29 is 23.7 Å². The van der Waals surface area contributed by atoms with Crippen LogP contribution >= 0.6 is 0 Å². The van der Waals surface area contributed by atoms with Gasteiger partial charge in [0.1, 0.15) is 0 Å². The maximum Gasteiger partial charge on any atom is 0.161 e. The second kappa shape index (κ2) is 12.2. The van der Waals surface area contributed by atoms with Crippen molar-refractivity contribution in [1.82, 2.24) is 0 Å². The third-order valence-corrected chi connectivity index (χ3v) is 5.58. The minimum absolute atomic E-state index is 0.179. The first-order valence-corrected chi connectivity index (χ1v) is 12.1. The van der Waals surface area contributed by atoms with Crippen molar-refractivity contribution in [2.45, 2.75) is 66.2 Å². The van der Waals surface area contributed by atoms with Crippen molar-refractivity contribution in [2.24, 2.45) is 0 Å². The van der Waals surface area contributed by atoms with E-state index >= 15 is 0 Å². The Morgan fingerprint density at radius 2 is 0.848 bits per heavy atom. The Labute approximate surface area is 200 Å². The molecule has 0 heterocycles. The fraction of sp³-hybridized carbons (Fsp3) is 0.571. The summed E-state index contributed by atoms with van der Waals surface area (Å²) in [6, 6.07) is 12.3. The summed E-state index contributed by atoms with van der Waals surface area (Å²) in [5.41, 5.74) is 1.96. The van der Waals surface area contributed by atoms with Gasteiger partial charge in [0.2, 0.25) is 0 Å². The number of rotatable bonds is 14. The highest BCUT2D eigenvalue weighted by Gasteiger charge is 2.27. The molecule has 2 aromatic carbocycles. The molecule has 0 fully saturated rings. The van der Waals surface area contributed by atoms with Crippen LogP contribution in [0.1, 0.15) is 66.5 Å². The van der Waals surface area contributed by atoms with Crippen molar-refractivity contribution in [1.29, 1.82) is 0 Å². The molecule has 0 aliphatic carbocycles. The van der Waals surface area contributed by atoms with Gasteiger partial charge in [-0.05, 0) is 63.1 Å². The van der Waals surface area contributed by atoms with Gasteiger partial charge in [0.15, 0.2) is 23.0 Å². The molecule has 2 aromatic rings. The molecule has 0 aromatic heterocycles. The van der Waals surface area contributed by atoms with Crippen molar-refractivity contribution in [3.8, 4) is 23.0 Å². The monoisotopic (exact) mass is 458 g/mol. The van der Waals surface area contributed by atoms with Gasteiger partial charge in [-0.2, -0.15) is 0 Å². The maximum absolute atomic E-state index is 6.28. The number of benzene rings is 2. The van der Waals surface area contributed by atoms with E-state index in [0.717, 1.165) is 34.1 Å². The zero-order valence-electron chi connectivity index (χ0n) is 21.7. The summed E-state index contributed by atoms with van der Waals surface area (Å²) in [7, 11) is 0. The van der Waals surface area contributed by atoms with E-state index in [4.69, 9.17) is 23.7 Å². The lowest BCUT2D eigenvalue weighted by Gasteiger charge is -2.30. The third-order valence-electron chi connectivity index (χ3n) is 5.58. The standard InChI is InChI=1S/C28H42O5/c1-9-30-23-15-13-21(17-25(23)32-11-3)27(5,6)19-29-20-28(7,8)22-14-16-24(31-10-2)26(18-22)33-12-4/h13-18H,9-12,19-20H2,1-8H3. The van der Waals surface area contributed by atoms with Crippen molar-refractivity contribution >= 4 is 0 Å². The van der Waals surface area contributed by atoms with Gasteiger partial charge in [-0.15, -0.1) is 0 Å². The molecule has 0 amide bonds. The quantitative estimate of drug-likeness (QED) is 0.321. The van der Waals surface area contributed by atoms with Crippen LogP contribution in [-0.4, -0.2) is 39.6 Å². The molecule has 2 rings (SSSR count). The highest BCUT2D eigenvalue weighted by atomic mass is 16.5. The zero-order valence-corrected chi connectivity index (χ0v) is 21.7. The Bertz CT molecular complexity index is 801.